The van der Waals surface area contributed by atoms with E-state index >= 15 is 0 Å². The van der Waals surface area contributed by atoms with Crippen LogP contribution in [0, 0.1) is 0 Å². The maximum atomic E-state index is 5.37. The number of benzene rings is 3. The first-order valence-corrected chi connectivity index (χ1v) is 13.2. The molecule has 160 valence electrons. The van der Waals surface area contributed by atoms with Gasteiger partial charge in [0.2, 0.25) is 8.24 Å². The van der Waals surface area contributed by atoms with Crippen molar-refractivity contribution in [1.82, 2.24) is 0 Å². The highest BCUT2D eigenvalue weighted by Crippen LogP contribution is 2.55. The Balaban J connectivity index is 2.46. The molecule has 0 amide bonds. The van der Waals surface area contributed by atoms with E-state index in [4.69, 9.17) is 16.9 Å². The lowest BCUT2D eigenvalue weighted by atomic mass is 9.99. The molecule has 0 aliphatic heterocycles. The van der Waals surface area contributed by atoms with Gasteiger partial charge in [0.1, 0.15) is 0 Å². The molecule has 0 fully saturated rings. The Morgan fingerprint density at radius 1 is 0.548 bits per heavy atom. The SMILES string of the molecule is CC(C)(c1ccccc1)[Si](N=C=S)(C(C)(C)c1ccccc1)C(C)(C)c1ccccc1. The van der Waals surface area contributed by atoms with E-state index in [1.807, 2.05) is 0 Å². The van der Waals surface area contributed by atoms with E-state index in [1.54, 1.807) is 0 Å². The first kappa shape index (κ1) is 23.3. The summed E-state index contributed by atoms with van der Waals surface area (Å²) in [6.45, 7) is 14.2. The topological polar surface area (TPSA) is 12.4 Å². The van der Waals surface area contributed by atoms with E-state index < -0.39 is 8.24 Å². The Morgan fingerprint density at radius 3 is 1.03 bits per heavy atom. The fraction of sp³-hybridized carbons (Fsp3) is 0.321. The lowest BCUT2D eigenvalue weighted by Gasteiger charge is -2.58. The maximum Gasteiger partial charge on any atom is 0.224 e. The van der Waals surface area contributed by atoms with Crippen LogP contribution >= 0.6 is 12.2 Å². The van der Waals surface area contributed by atoms with Crippen molar-refractivity contribution in [2.75, 3.05) is 0 Å². The summed E-state index contributed by atoms with van der Waals surface area (Å²) < 4.78 is 5.30. The molecule has 31 heavy (non-hydrogen) atoms. The third-order valence-corrected chi connectivity index (χ3v) is 14.4. The second kappa shape index (κ2) is 8.67. The van der Waals surface area contributed by atoms with Crippen LogP contribution in [0.5, 0.6) is 0 Å². The Bertz CT molecular complexity index is 925. The summed E-state index contributed by atoms with van der Waals surface area (Å²) in [6, 6.07) is 32.4. The van der Waals surface area contributed by atoms with Gasteiger partial charge >= 0.3 is 0 Å². The molecule has 1 nitrogen and oxygen atoms in total. The zero-order valence-electron chi connectivity index (χ0n) is 19.5. The Morgan fingerprint density at radius 2 is 0.806 bits per heavy atom. The molecule has 0 unspecified atom stereocenters. The molecule has 0 bridgehead atoms. The van der Waals surface area contributed by atoms with Crippen molar-refractivity contribution in [2.24, 2.45) is 4.66 Å². The van der Waals surface area contributed by atoms with Gasteiger partial charge in [0.05, 0.1) is 0 Å². The zero-order valence-corrected chi connectivity index (χ0v) is 21.3. The van der Waals surface area contributed by atoms with Crippen molar-refractivity contribution in [3.8, 4) is 0 Å². The number of thiocarbonyl (C=S) groups is 1. The number of nitrogens with zero attached hydrogens (tertiary/aromatic N) is 1. The van der Waals surface area contributed by atoms with Gasteiger partial charge in [-0.1, -0.05) is 133 Å². The number of hydrogen-bond donors (Lipinski definition) is 0. The second-order valence-electron chi connectivity index (χ2n) is 9.89. The van der Waals surface area contributed by atoms with Crippen LogP contribution in [0.1, 0.15) is 58.2 Å². The number of isothiocyanates is 1. The van der Waals surface area contributed by atoms with E-state index in [0.29, 0.717) is 0 Å². The standard InChI is InChI=1S/C28H33NSSi/c1-26(2,23-16-10-7-11-17-23)31(29-22-30,27(3,4)24-18-12-8-13-19-24)28(5,6)25-20-14-9-15-21-25/h7-21H,1-6H3. The van der Waals surface area contributed by atoms with E-state index in [2.05, 4.69) is 138 Å². The van der Waals surface area contributed by atoms with Crippen molar-refractivity contribution in [2.45, 2.75) is 56.7 Å². The average molecular weight is 444 g/mol. The van der Waals surface area contributed by atoms with Crippen LogP contribution in [0.25, 0.3) is 0 Å². The average Bonchev–Trinajstić information content (AvgIpc) is 2.78. The molecule has 0 spiro atoms. The zero-order chi connectivity index (χ0) is 22.8. The van der Waals surface area contributed by atoms with Crippen LogP contribution in [0.3, 0.4) is 0 Å². The van der Waals surface area contributed by atoms with Crippen LogP contribution in [0.2, 0.25) is 0 Å². The predicted molar refractivity (Wildman–Crippen MR) is 139 cm³/mol. The highest BCUT2D eigenvalue weighted by atomic mass is 32.1. The Hall–Kier alpha value is -2.32. The minimum atomic E-state index is -2.79. The first-order chi connectivity index (χ1) is 14.6. The van der Waals surface area contributed by atoms with Gasteiger partial charge in [-0.05, 0) is 28.9 Å². The second-order valence-corrected chi connectivity index (χ2v) is 15.5. The van der Waals surface area contributed by atoms with Gasteiger partial charge in [0.15, 0.2) is 0 Å². The van der Waals surface area contributed by atoms with Crippen molar-refractivity contribution in [1.29, 1.82) is 0 Å². The molecule has 3 aromatic carbocycles. The van der Waals surface area contributed by atoms with Gasteiger partial charge in [-0.25, -0.2) is 0 Å². The lowest BCUT2D eigenvalue weighted by molar-refractivity contribution is 0.522. The Kier molecular flexibility index (Phi) is 6.52. The minimum Gasteiger partial charge on any atom is -0.270 e. The quantitative estimate of drug-likeness (QED) is 0.208. The summed E-state index contributed by atoms with van der Waals surface area (Å²) in [5.41, 5.74) is 3.89. The molecule has 0 atom stereocenters. The summed E-state index contributed by atoms with van der Waals surface area (Å²) in [6.07, 6.45) is 0. The predicted octanol–water partition coefficient (Wildman–Crippen LogP) is 7.59. The van der Waals surface area contributed by atoms with Crippen LogP contribution in [0.15, 0.2) is 95.7 Å². The molecule has 0 aromatic heterocycles. The van der Waals surface area contributed by atoms with E-state index in [0.717, 1.165) is 0 Å². The molecule has 0 aliphatic carbocycles. The van der Waals surface area contributed by atoms with Gasteiger partial charge in [-0.2, -0.15) is 0 Å². The van der Waals surface area contributed by atoms with Crippen LogP contribution in [0.4, 0.5) is 0 Å². The van der Waals surface area contributed by atoms with Gasteiger partial charge in [-0.15, -0.1) is 0 Å². The van der Waals surface area contributed by atoms with Gasteiger partial charge < -0.3 is 0 Å². The number of rotatable bonds is 7. The molecule has 0 radical (unpaired) electrons. The van der Waals surface area contributed by atoms with Gasteiger partial charge in [0.25, 0.3) is 0 Å². The monoisotopic (exact) mass is 443 g/mol. The van der Waals surface area contributed by atoms with Crippen LogP contribution in [-0.4, -0.2) is 13.4 Å². The third-order valence-electron chi connectivity index (χ3n) is 7.41. The molecule has 0 heterocycles. The van der Waals surface area contributed by atoms with Gasteiger partial charge in [0, 0.05) is 20.3 Å². The molecule has 0 aliphatic rings. The Labute approximate surface area is 194 Å². The molecule has 3 rings (SSSR count). The van der Waals surface area contributed by atoms with E-state index in [-0.39, 0.29) is 15.1 Å². The largest absolute Gasteiger partial charge is 0.270 e. The maximum absolute atomic E-state index is 5.37. The molecular formula is C28H33NSSi. The van der Waals surface area contributed by atoms with Crippen molar-refractivity contribution >= 4 is 25.6 Å². The van der Waals surface area contributed by atoms with Crippen LogP contribution in [-0.2, 0) is 15.1 Å². The molecule has 3 heteroatoms. The lowest BCUT2D eigenvalue weighted by Crippen LogP contribution is -2.73. The summed E-state index contributed by atoms with van der Waals surface area (Å²) in [7, 11) is -2.79. The van der Waals surface area contributed by atoms with Crippen molar-refractivity contribution in [3.63, 3.8) is 0 Å². The molecule has 3 aromatic rings. The summed E-state index contributed by atoms with van der Waals surface area (Å²) in [5, 5.41) is 2.24. The minimum absolute atomic E-state index is 0.223. The van der Waals surface area contributed by atoms with Gasteiger partial charge in [-0.3, -0.25) is 4.66 Å². The summed E-state index contributed by atoms with van der Waals surface area (Å²) in [5.74, 6) is 0. The molecule has 0 N–H and O–H groups in total. The normalized spacial score (nSPS) is 12.8. The van der Waals surface area contributed by atoms with Crippen LogP contribution < -0.4 is 0 Å². The highest BCUT2D eigenvalue weighted by Gasteiger charge is 2.67. The summed E-state index contributed by atoms with van der Waals surface area (Å²) in [4.78, 5) is 0. The third kappa shape index (κ3) is 3.65. The molecule has 0 saturated carbocycles. The fourth-order valence-electron chi connectivity index (χ4n) is 6.02. The van der Waals surface area contributed by atoms with Crippen molar-refractivity contribution < 1.29 is 0 Å². The van der Waals surface area contributed by atoms with E-state index in [1.165, 1.54) is 16.7 Å². The first-order valence-electron chi connectivity index (χ1n) is 10.9. The highest BCUT2D eigenvalue weighted by molar-refractivity contribution is 7.78. The van der Waals surface area contributed by atoms with Crippen molar-refractivity contribution in [3.05, 3.63) is 108 Å². The molecule has 0 saturated heterocycles. The number of hydrogen-bond acceptors (Lipinski definition) is 2. The van der Waals surface area contributed by atoms with E-state index in [9.17, 15) is 0 Å². The smallest absolute Gasteiger partial charge is 0.224 e. The molecular weight excluding hydrogens is 410 g/mol. The summed E-state index contributed by atoms with van der Waals surface area (Å²) >= 11 is 5.37. The fourth-order valence-corrected chi connectivity index (χ4v) is 13.8.